The summed E-state index contributed by atoms with van der Waals surface area (Å²) in [6.07, 6.45) is -0.985. The molecule has 0 spiro atoms. The number of nitrogens with one attached hydrogen (secondary N) is 1. The van der Waals surface area contributed by atoms with Gasteiger partial charge in [0.15, 0.2) is 0 Å². The molecule has 0 heterocycles. The molecule has 0 bridgehead atoms. The minimum absolute atomic E-state index is 0. The van der Waals surface area contributed by atoms with E-state index in [-0.39, 0.29) is 12.4 Å². The standard InChI is InChI=1S/C10H14FNO.ClH/c1-7(12-2)10(13)8-3-5-9(11)6-4-8;/h3-7,10,12-13H,1-2H3;1H/i2+1D3;. The number of benzene rings is 1. The third-order valence-electron chi connectivity index (χ3n) is 1.91. The van der Waals surface area contributed by atoms with Crippen LogP contribution in [0.4, 0.5) is 4.39 Å². The Kier molecular flexibility index (Phi) is 3.68. The molecule has 1 aromatic carbocycles. The first-order chi connectivity index (χ1) is 7.29. The quantitative estimate of drug-likeness (QED) is 0.768. The third kappa shape index (κ3) is 3.25. The highest BCUT2D eigenvalue weighted by molar-refractivity contribution is 5.85. The highest BCUT2D eigenvalue weighted by Crippen LogP contribution is 2.16. The van der Waals surface area contributed by atoms with Gasteiger partial charge in [-0.3, -0.25) is 0 Å². The topological polar surface area (TPSA) is 32.3 Å². The molecule has 0 saturated carbocycles. The fraction of sp³-hybridized carbons (Fsp3) is 0.400. The number of rotatable bonds is 3. The maximum absolute atomic E-state index is 12.6. The smallest absolute Gasteiger partial charge is 0.123 e. The Morgan fingerprint density at radius 1 is 1.43 bits per heavy atom. The van der Waals surface area contributed by atoms with E-state index in [9.17, 15) is 9.50 Å². The van der Waals surface area contributed by atoms with Gasteiger partial charge in [-0.05, 0) is 31.6 Å². The lowest BCUT2D eigenvalue weighted by atomic mass is 10.0. The lowest BCUT2D eigenvalue weighted by Crippen LogP contribution is -2.28. The Morgan fingerprint density at radius 3 is 2.50 bits per heavy atom. The summed E-state index contributed by atoms with van der Waals surface area (Å²) in [4.78, 5) is 0. The molecule has 0 amide bonds. The van der Waals surface area contributed by atoms with Gasteiger partial charge in [0.1, 0.15) is 5.82 Å². The largest absolute Gasteiger partial charge is 0.387 e. The monoisotopic (exact) mass is 223 g/mol. The highest BCUT2D eigenvalue weighted by atomic mass is 35.5. The summed E-state index contributed by atoms with van der Waals surface area (Å²) < 4.78 is 33.6. The van der Waals surface area contributed by atoms with Crippen LogP contribution in [0.2, 0.25) is 0 Å². The summed E-state index contributed by atoms with van der Waals surface area (Å²) in [6.45, 7) is -0.749. The molecule has 1 aromatic rings. The second-order valence-corrected chi connectivity index (χ2v) is 2.93. The molecule has 0 aliphatic carbocycles. The molecule has 1 rings (SSSR count). The summed E-state index contributed by atoms with van der Waals surface area (Å²) in [5.41, 5.74) is 0.477. The minimum atomic E-state index is -2.31. The van der Waals surface area contributed by atoms with E-state index < -0.39 is 24.9 Å². The first-order valence-corrected chi connectivity index (χ1v) is 4.01. The van der Waals surface area contributed by atoms with E-state index in [0.717, 1.165) is 0 Å². The van der Waals surface area contributed by atoms with Gasteiger partial charge in [0.25, 0.3) is 0 Å². The Labute approximate surface area is 93.8 Å². The Hall–Kier alpha value is -0.640. The van der Waals surface area contributed by atoms with Gasteiger partial charge in [-0.15, -0.1) is 12.4 Å². The van der Waals surface area contributed by atoms with Crippen molar-refractivity contribution in [1.29, 1.82) is 0 Å². The van der Waals surface area contributed by atoms with E-state index in [1.54, 1.807) is 6.92 Å². The summed E-state index contributed by atoms with van der Waals surface area (Å²) in [7, 11) is 0. The zero-order chi connectivity index (χ0) is 12.3. The maximum atomic E-state index is 12.6. The van der Waals surface area contributed by atoms with Crippen LogP contribution < -0.4 is 5.32 Å². The van der Waals surface area contributed by atoms with Crippen molar-refractivity contribution in [3.63, 3.8) is 0 Å². The van der Waals surface area contributed by atoms with Crippen LogP contribution in [0.25, 0.3) is 0 Å². The van der Waals surface area contributed by atoms with Gasteiger partial charge in [0.2, 0.25) is 0 Å². The molecular formula is C10H15ClFNO. The summed E-state index contributed by atoms with van der Waals surface area (Å²) in [6, 6.07) is 4.66. The number of likely N-dealkylation sites (N-methyl/N-ethyl adjacent to an activating group) is 1. The molecule has 0 aliphatic heterocycles. The number of hydrogen-bond acceptors (Lipinski definition) is 2. The molecule has 0 fully saturated rings. The molecular weight excluding hydrogens is 206 g/mol. The van der Waals surface area contributed by atoms with Crippen molar-refractivity contribution in [3.05, 3.63) is 35.6 Å². The summed E-state index contributed by atoms with van der Waals surface area (Å²) >= 11 is 0. The number of aliphatic hydroxyl groups excluding tert-OH is 1. The zero-order valence-electron chi connectivity index (χ0n) is 10.7. The van der Waals surface area contributed by atoms with E-state index in [1.807, 2.05) is 0 Å². The summed E-state index contributed by atoms with van der Waals surface area (Å²) in [5, 5.41) is 12.1. The van der Waals surface area contributed by atoms with E-state index in [1.165, 1.54) is 24.3 Å². The van der Waals surface area contributed by atoms with Crippen molar-refractivity contribution in [2.45, 2.75) is 19.1 Å². The van der Waals surface area contributed by atoms with Gasteiger partial charge < -0.3 is 10.4 Å². The molecule has 2 N–H and O–H groups in total. The van der Waals surface area contributed by atoms with Crippen molar-refractivity contribution >= 4 is 12.4 Å². The maximum Gasteiger partial charge on any atom is 0.123 e. The van der Waals surface area contributed by atoms with Crippen LogP contribution in [-0.2, 0) is 0 Å². The van der Waals surface area contributed by atoms with Gasteiger partial charge in [0, 0.05) is 10.2 Å². The van der Waals surface area contributed by atoms with Crippen LogP contribution in [0, 0.1) is 5.82 Å². The second kappa shape index (κ2) is 5.96. The van der Waals surface area contributed by atoms with Crippen LogP contribution in [-0.4, -0.2) is 18.1 Å². The van der Waals surface area contributed by atoms with Crippen LogP contribution >= 0.6 is 12.4 Å². The van der Waals surface area contributed by atoms with Crippen LogP contribution in [0.15, 0.2) is 24.3 Å². The van der Waals surface area contributed by atoms with E-state index in [2.05, 4.69) is 5.32 Å². The molecule has 4 heteroatoms. The second-order valence-electron chi connectivity index (χ2n) is 2.93. The molecule has 0 aromatic heterocycles. The molecule has 2 unspecified atom stereocenters. The molecule has 0 radical (unpaired) electrons. The predicted octanol–water partition coefficient (Wildman–Crippen LogP) is 1.89. The van der Waals surface area contributed by atoms with Crippen molar-refractivity contribution in [2.75, 3.05) is 6.98 Å². The SMILES string of the molecule is Cl.[2H][13C]([2H])([2H])NC(C)C(O)c1ccc(F)cc1. The molecule has 0 saturated heterocycles. The summed E-state index contributed by atoms with van der Waals surface area (Å²) in [5.74, 6) is -0.396. The van der Waals surface area contributed by atoms with Crippen molar-refractivity contribution < 1.29 is 13.6 Å². The molecule has 14 heavy (non-hydrogen) atoms. The zero-order valence-corrected chi connectivity index (χ0v) is 8.51. The molecule has 2 nitrogen and oxygen atoms in total. The molecule has 0 aliphatic rings. The fourth-order valence-corrected chi connectivity index (χ4v) is 1.03. The lowest BCUT2D eigenvalue weighted by Gasteiger charge is -2.18. The Morgan fingerprint density at radius 2 is 2.00 bits per heavy atom. The first kappa shape index (κ1) is 8.65. The van der Waals surface area contributed by atoms with Gasteiger partial charge in [0.05, 0.1) is 6.10 Å². The Bertz CT molecular complexity index is 344. The number of hydrogen-bond donors (Lipinski definition) is 2. The van der Waals surface area contributed by atoms with Gasteiger partial charge >= 0.3 is 0 Å². The average Bonchev–Trinajstić information content (AvgIpc) is 2.15. The van der Waals surface area contributed by atoms with Crippen molar-refractivity contribution in [3.8, 4) is 0 Å². The van der Waals surface area contributed by atoms with E-state index >= 15 is 0 Å². The van der Waals surface area contributed by atoms with Crippen molar-refractivity contribution in [2.24, 2.45) is 0 Å². The third-order valence-corrected chi connectivity index (χ3v) is 1.91. The van der Waals surface area contributed by atoms with Gasteiger partial charge in [-0.2, -0.15) is 0 Å². The molecule has 2 atom stereocenters. The first-order valence-electron chi connectivity index (χ1n) is 5.51. The lowest BCUT2D eigenvalue weighted by molar-refractivity contribution is 0.140. The molecule has 80 valence electrons. The normalized spacial score (nSPS) is 18.4. The fourth-order valence-electron chi connectivity index (χ4n) is 1.03. The predicted molar refractivity (Wildman–Crippen MR) is 57.1 cm³/mol. The number of halogens is 2. The van der Waals surface area contributed by atoms with E-state index in [4.69, 9.17) is 4.11 Å². The van der Waals surface area contributed by atoms with Crippen molar-refractivity contribution in [1.82, 2.24) is 5.32 Å². The van der Waals surface area contributed by atoms with Crippen LogP contribution in [0.3, 0.4) is 0 Å². The average molecular weight is 224 g/mol. The van der Waals surface area contributed by atoms with Crippen LogP contribution in [0.1, 0.15) is 22.7 Å². The Balaban J connectivity index is 0.00000256. The highest BCUT2D eigenvalue weighted by Gasteiger charge is 2.13. The number of aliphatic hydroxyl groups is 1. The minimum Gasteiger partial charge on any atom is -0.387 e. The van der Waals surface area contributed by atoms with Crippen LogP contribution in [0.5, 0.6) is 0 Å². The van der Waals surface area contributed by atoms with Gasteiger partial charge in [-0.25, -0.2) is 4.39 Å². The van der Waals surface area contributed by atoms with Gasteiger partial charge in [-0.1, -0.05) is 12.1 Å². The van der Waals surface area contributed by atoms with E-state index in [0.29, 0.717) is 5.56 Å².